The van der Waals surface area contributed by atoms with Crippen LogP contribution < -0.4 is 0 Å². The minimum Gasteiger partial charge on any atom is -0.293 e. The molecule has 1 unspecified atom stereocenters. The van der Waals surface area contributed by atoms with Gasteiger partial charge in [0.05, 0.1) is 10.1 Å². The van der Waals surface area contributed by atoms with E-state index in [0.29, 0.717) is 5.16 Å². The SMILES string of the molecule is CC(Sc1n[nH]c(-c2cccs2)n1)C(=O)c1ccc2c(c1)CCC2. The normalized spacial score (nSPS) is 14.5. The van der Waals surface area contributed by atoms with Crippen molar-refractivity contribution < 1.29 is 4.79 Å². The number of H-pyrrole nitrogens is 1. The van der Waals surface area contributed by atoms with E-state index in [1.165, 1.54) is 29.3 Å². The average Bonchev–Trinajstić information content (AvgIpc) is 3.33. The molecular formula is C18H17N3OS2. The molecule has 6 heteroatoms. The van der Waals surface area contributed by atoms with Crippen LogP contribution in [-0.4, -0.2) is 26.2 Å². The quantitative estimate of drug-likeness (QED) is 0.545. The molecule has 0 aliphatic heterocycles. The van der Waals surface area contributed by atoms with Crippen molar-refractivity contribution in [3.63, 3.8) is 0 Å². The largest absolute Gasteiger partial charge is 0.293 e. The van der Waals surface area contributed by atoms with Gasteiger partial charge in [0.2, 0.25) is 5.16 Å². The number of aromatic amines is 1. The number of aromatic nitrogens is 3. The topological polar surface area (TPSA) is 58.6 Å². The van der Waals surface area contributed by atoms with Crippen molar-refractivity contribution in [3.05, 3.63) is 52.4 Å². The lowest BCUT2D eigenvalue weighted by Crippen LogP contribution is -2.14. The molecule has 24 heavy (non-hydrogen) atoms. The third-order valence-electron chi connectivity index (χ3n) is 4.25. The molecule has 0 amide bonds. The Morgan fingerprint density at radius 2 is 2.17 bits per heavy atom. The van der Waals surface area contributed by atoms with Gasteiger partial charge in [-0.3, -0.25) is 9.89 Å². The van der Waals surface area contributed by atoms with Gasteiger partial charge in [0.25, 0.3) is 0 Å². The number of carbonyl (C=O) groups is 1. The minimum atomic E-state index is -0.212. The third-order valence-corrected chi connectivity index (χ3v) is 6.09. The highest BCUT2D eigenvalue weighted by atomic mass is 32.2. The zero-order valence-electron chi connectivity index (χ0n) is 13.3. The van der Waals surface area contributed by atoms with E-state index in [0.717, 1.165) is 29.1 Å². The second kappa shape index (κ2) is 6.53. The lowest BCUT2D eigenvalue weighted by Gasteiger charge is -2.09. The fourth-order valence-corrected chi connectivity index (χ4v) is 4.46. The molecule has 0 bridgehead atoms. The van der Waals surface area contributed by atoms with Crippen LogP contribution in [0.15, 0.2) is 40.9 Å². The standard InChI is InChI=1S/C18H17N3OS2/c1-11(16(22)14-8-7-12-4-2-5-13(12)10-14)24-18-19-17(20-21-18)15-6-3-9-23-15/h3,6-11H,2,4-5H2,1H3,(H,19,20,21). The van der Waals surface area contributed by atoms with Gasteiger partial charge in [-0.25, -0.2) is 4.98 Å². The highest BCUT2D eigenvalue weighted by Crippen LogP contribution is 2.28. The highest BCUT2D eigenvalue weighted by molar-refractivity contribution is 8.00. The Kier molecular flexibility index (Phi) is 4.24. The predicted octanol–water partition coefficient (Wildman–Crippen LogP) is 4.39. The molecule has 3 aromatic rings. The van der Waals surface area contributed by atoms with Crippen LogP contribution in [0, 0.1) is 0 Å². The van der Waals surface area contributed by atoms with Crippen LogP contribution in [-0.2, 0) is 12.8 Å². The second-order valence-corrected chi connectivity index (χ2v) is 8.16. The first-order valence-corrected chi connectivity index (χ1v) is 9.75. The van der Waals surface area contributed by atoms with Gasteiger partial charge in [-0.1, -0.05) is 30.0 Å². The molecule has 1 aliphatic carbocycles. The molecule has 2 aromatic heterocycles. The summed E-state index contributed by atoms with van der Waals surface area (Å²) in [4.78, 5) is 18.2. The summed E-state index contributed by atoms with van der Waals surface area (Å²) < 4.78 is 0. The van der Waals surface area contributed by atoms with Crippen molar-refractivity contribution in [1.29, 1.82) is 0 Å². The van der Waals surface area contributed by atoms with Crippen molar-refractivity contribution in [2.75, 3.05) is 0 Å². The molecule has 0 saturated carbocycles. The number of hydrogen-bond acceptors (Lipinski definition) is 5. The number of nitrogens with zero attached hydrogens (tertiary/aromatic N) is 2. The number of thiophene rings is 1. The number of rotatable bonds is 5. The molecule has 2 heterocycles. The number of fused-ring (bicyclic) bond motifs is 1. The molecule has 1 aromatic carbocycles. The van der Waals surface area contributed by atoms with Crippen molar-refractivity contribution in [2.45, 2.75) is 36.6 Å². The number of thioether (sulfide) groups is 1. The lowest BCUT2D eigenvalue weighted by atomic mass is 10.0. The summed E-state index contributed by atoms with van der Waals surface area (Å²) in [6, 6.07) is 10.1. The van der Waals surface area contributed by atoms with Crippen LogP contribution in [0.4, 0.5) is 0 Å². The van der Waals surface area contributed by atoms with Crippen molar-refractivity contribution in [1.82, 2.24) is 15.2 Å². The summed E-state index contributed by atoms with van der Waals surface area (Å²) >= 11 is 3.01. The molecule has 0 radical (unpaired) electrons. The summed E-state index contributed by atoms with van der Waals surface area (Å²) in [5.74, 6) is 0.891. The number of ketones is 1. The van der Waals surface area contributed by atoms with E-state index in [9.17, 15) is 4.79 Å². The minimum absolute atomic E-state index is 0.136. The zero-order chi connectivity index (χ0) is 16.5. The maximum Gasteiger partial charge on any atom is 0.209 e. The fraction of sp³-hybridized carbons (Fsp3) is 0.278. The first kappa shape index (κ1) is 15.6. The Bertz CT molecular complexity index is 870. The van der Waals surface area contributed by atoms with Gasteiger partial charge in [-0.15, -0.1) is 16.4 Å². The van der Waals surface area contributed by atoms with Gasteiger partial charge in [0.15, 0.2) is 11.6 Å². The molecule has 4 nitrogen and oxygen atoms in total. The Labute approximate surface area is 148 Å². The maximum absolute atomic E-state index is 12.7. The highest BCUT2D eigenvalue weighted by Gasteiger charge is 2.21. The van der Waals surface area contributed by atoms with Crippen LogP contribution in [0.3, 0.4) is 0 Å². The van der Waals surface area contributed by atoms with Gasteiger partial charge in [0.1, 0.15) is 0 Å². The van der Waals surface area contributed by atoms with Gasteiger partial charge in [-0.05, 0) is 54.8 Å². The molecule has 122 valence electrons. The Balaban J connectivity index is 1.48. The zero-order valence-corrected chi connectivity index (χ0v) is 14.9. The van der Waals surface area contributed by atoms with Gasteiger partial charge in [0, 0.05) is 5.56 Å². The van der Waals surface area contributed by atoms with E-state index in [4.69, 9.17) is 0 Å². The van der Waals surface area contributed by atoms with Gasteiger partial charge < -0.3 is 0 Å². The summed E-state index contributed by atoms with van der Waals surface area (Å²) in [7, 11) is 0. The van der Waals surface area contributed by atoms with E-state index in [1.54, 1.807) is 11.3 Å². The molecule has 0 fully saturated rings. The fourth-order valence-electron chi connectivity index (χ4n) is 2.99. The predicted molar refractivity (Wildman–Crippen MR) is 97.8 cm³/mol. The number of carbonyl (C=O) groups excluding carboxylic acids is 1. The van der Waals surface area contributed by atoms with Crippen LogP contribution >= 0.6 is 23.1 Å². The van der Waals surface area contributed by atoms with Crippen molar-refractivity contribution >= 4 is 28.9 Å². The first-order chi connectivity index (χ1) is 11.7. The van der Waals surface area contributed by atoms with Crippen LogP contribution in [0.2, 0.25) is 0 Å². The number of benzene rings is 1. The van der Waals surface area contributed by atoms with Gasteiger partial charge in [-0.2, -0.15) is 0 Å². The molecule has 0 spiro atoms. The van der Waals surface area contributed by atoms with E-state index in [1.807, 2.05) is 30.5 Å². The second-order valence-electron chi connectivity index (χ2n) is 5.91. The van der Waals surface area contributed by atoms with Crippen LogP contribution in [0.1, 0.15) is 34.8 Å². The molecule has 4 rings (SSSR count). The number of nitrogens with one attached hydrogen (secondary N) is 1. The summed E-state index contributed by atoms with van der Waals surface area (Å²) in [5, 5.41) is 9.58. The Morgan fingerprint density at radius 3 is 3.00 bits per heavy atom. The summed E-state index contributed by atoms with van der Waals surface area (Å²) in [5.41, 5.74) is 3.52. The van der Waals surface area contributed by atoms with E-state index in [2.05, 4.69) is 27.3 Å². The lowest BCUT2D eigenvalue weighted by molar-refractivity contribution is 0.0994. The summed E-state index contributed by atoms with van der Waals surface area (Å²) in [6.45, 7) is 1.92. The first-order valence-electron chi connectivity index (χ1n) is 7.99. The van der Waals surface area contributed by atoms with Crippen molar-refractivity contribution in [2.24, 2.45) is 0 Å². The Hall–Kier alpha value is -1.92. The van der Waals surface area contributed by atoms with Crippen LogP contribution in [0.25, 0.3) is 10.7 Å². The smallest absolute Gasteiger partial charge is 0.209 e. The number of aryl methyl sites for hydroxylation is 2. The number of hydrogen-bond donors (Lipinski definition) is 1. The Morgan fingerprint density at radius 1 is 1.29 bits per heavy atom. The monoisotopic (exact) mass is 355 g/mol. The maximum atomic E-state index is 12.7. The van der Waals surface area contributed by atoms with Crippen LogP contribution in [0.5, 0.6) is 0 Å². The number of Topliss-reactive ketones (excluding diaryl/α,β-unsaturated/α-hetero) is 1. The molecular weight excluding hydrogens is 338 g/mol. The molecule has 1 aliphatic rings. The molecule has 1 atom stereocenters. The average molecular weight is 355 g/mol. The molecule has 0 saturated heterocycles. The van der Waals surface area contributed by atoms with E-state index < -0.39 is 0 Å². The third kappa shape index (κ3) is 3.03. The van der Waals surface area contributed by atoms with E-state index >= 15 is 0 Å². The van der Waals surface area contributed by atoms with Gasteiger partial charge >= 0.3 is 0 Å². The van der Waals surface area contributed by atoms with Crippen molar-refractivity contribution in [3.8, 4) is 10.7 Å². The molecule has 1 N–H and O–H groups in total. The van der Waals surface area contributed by atoms with E-state index in [-0.39, 0.29) is 11.0 Å². The summed E-state index contributed by atoms with van der Waals surface area (Å²) in [6.07, 6.45) is 3.42.